The van der Waals surface area contributed by atoms with E-state index in [-0.39, 0.29) is 24.3 Å². The number of hydrogen-bond donors (Lipinski definition) is 0. The number of alkyl halides is 1. The Balaban J connectivity index is 1.58. The predicted molar refractivity (Wildman–Crippen MR) is 80.2 cm³/mol. The third-order valence-corrected chi connectivity index (χ3v) is 4.07. The molecule has 0 aromatic heterocycles. The van der Waals surface area contributed by atoms with Crippen LogP contribution in [0.15, 0.2) is 24.3 Å². The van der Waals surface area contributed by atoms with Crippen molar-refractivity contribution in [1.82, 2.24) is 9.80 Å². The van der Waals surface area contributed by atoms with Crippen LogP contribution in [0.4, 0.5) is 0 Å². The van der Waals surface area contributed by atoms with E-state index in [2.05, 4.69) is 0 Å². The van der Waals surface area contributed by atoms with E-state index in [0.717, 1.165) is 0 Å². The summed E-state index contributed by atoms with van der Waals surface area (Å²) in [7, 11) is 0. The van der Waals surface area contributed by atoms with Gasteiger partial charge < -0.3 is 19.3 Å². The molecule has 2 aliphatic rings. The standard InChI is InChI=1S/C15H17ClN2O4/c16-9-14(19)17-5-7-18(8-6-17)15(20)13-10-21-11-3-1-2-4-12(11)22-13/h1-4,13H,5-10H2/t13-/m0/s1. The molecule has 0 unspecified atom stereocenters. The van der Waals surface area contributed by atoms with Gasteiger partial charge in [-0.2, -0.15) is 0 Å². The molecule has 6 nitrogen and oxygen atoms in total. The summed E-state index contributed by atoms with van der Waals surface area (Å²) >= 11 is 5.55. The highest BCUT2D eigenvalue weighted by Crippen LogP contribution is 2.31. The molecular formula is C15H17ClN2O4. The zero-order valence-corrected chi connectivity index (χ0v) is 12.8. The first-order chi connectivity index (χ1) is 10.7. The van der Waals surface area contributed by atoms with Gasteiger partial charge >= 0.3 is 0 Å². The number of benzene rings is 1. The number of amides is 2. The Hall–Kier alpha value is -1.95. The average Bonchev–Trinajstić information content (AvgIpc) is 2.60. The molecule has 2 aliphatic heterocycles. The summed E-state index contributed by atoms with van der Waals surface area (Å²) < 4.78 is 11.3. The SMILES string of the molecule is O=C(CCl)N1CCN(C(=O)[C@@H]2COc3ccccc3O2)CC1. The number of piperazine rings is 1. The van der Waals surface area contributed by atoms with Crippen LogP contribution in [0.1, 0.15) is 0 Å². The number of fused-ring (bicyclic) bond motifs is 1. The Labute approximate surface area is 133 Å². The van der Waals surface area contributed by atoms with Crippen LogP contribution in [0, 0.1) is 0 Å². The fourth-order valence-corrected chi connectivity index (χ4v) is 2.77. The number of para-hydroxylation sites is 2. The van der Waals surface area contributed by atoms with E-state index in [0.29, 0.717) is 37.7 Å². The Morgan fingerprint density at radius 3 is 2.41 bits per heavy atom. The number of halogens is 1. The largest absolute Gasteiger partial charge is 0.485 e. The molecule has 0 radical (unpaired) electrons. The molecule has 22 heavy (non-hydrogen) atoms. The second-order valence-corrected chi connectivity index (χ2v) is 5.47. The zero-order chi connectivity index (χ0) is 15.5. The van der Waals surface area contributed by atoms with Crippen LogP contribution in [-0.2, 0) is 9.59 Å². The van der Waals surface area contributed by atoms with Crippen molar-refractivity contribution in [1.29, 1.82) is 0 Å². The van der Waals surface area contributed by atoms with E-state index in [1.165, 1.54) is 0 Å². The van der Waals surface area contributed by atoms with Crippen molar-refractivity contribution < 1.29 is 19.1 Å². The van der Waals surface area contributed by atoms with Crippen molar-refractivity contribution in [2.45, 2.75) is 6.10 Å². The lowest BCUT2D eigenvalue weighted by Crippen LogP contribution is -2.55. The van der Waals surface area contributed by atoms with Gasteiger partial charge in [-0.05, 0) is 12.1 Å². The molecule has 1 aromatic carbocycles. The van der Waals surface area contributed by atoms with Gasteiger partial charge in [0.1, 0.15) is 12.5 Å². The highest BCUT2D eigenvalue weighted by Gasteiger charge is 2.33. The molecule has 2 heterocycles. The summed E-state index contributed by atoms with van der Waals surface area (Å²) in [5.74, 6) is 1.02. The number of rotatable bonds is 2. The first kappa shape index (κ1) is 15.0. The third-order valence-electron chi connectivity index (χ3n) is 3.84. The fraction of sp³-hybridized carbons (Fsp3) is 0.467. The highest BCUT2D eigenvalue weighted by molar-refractivity contribution is 6.27. The van der Waals surface area contributed by atoms with Crippen molar-refractivity contribution in [3.8, 4) is 11.5 Å². The van der Waals surface area contributed by atoms with E-state index in [1.54, 1.807) is 15.9 Å². The molecule has 0 bridgehead atoms. The van der Waals surface area contributed by atoms with Crippen LogP contribution in [0.5, 0.6) is 11.5 Å². The minimum absolute atomic E-state index is 0.0235. The molecular weight excluding hydrogens is 308 g/mol. The fourth-order valence-electron chi connectivity index (χ4n) is 2.61. The van der Waals surface area contributed by atoms with Gasteiger partial charge in [0.15, 0.2) is 11.5 Å². The van der Waals surface area contributed by atoms with Crippen LogP contribution < -0.4 is 9.47 Å². The maximum Gasteiger partial charge on any atom is 0.267 e. The first-order valence-electron chi connectivity index (χ1n) is 7.20. The van der Waals surface area contributed by atoms with Crippen LogP contribution >= 0.6 is 11.6 Å². The van der Waals surface area contributed by atoms with Gasteiger partial charge in [0.05, 0.1) is 0 Å². The van der Waals surface area contributed by atoms with Gasteiger partial charge in [0.2, 0.25) is 12.0 Å². The molecule has 0 spiro atoms. The van der Waals surface area contributed by atoms with Crippen molar-refractivity contribution in [2.75, 3.05) is 38.7 Å². The van der Waals surface area contributed by atoms with Crippen molar-refractivity contribution in [2.24, 2.45) is 0 Å². The molecule has 1 atom stereocenters. The summed E-state index contributed by atoms with van der Waals surface area (Å²) in [5.41, 5.74) is 0. The molecule has 2 amide bonds. The molecule has 0 aliphatic carbocycles. The van der Waals surface area contributed by atoms with Crippen LogP contribution in [0.25, 0.3) is 0 Å². The maximum absolute atomic E-state index is 12.5. The average molecular weight is 325 g/mol. The minimum atomic E-state index is -0.634. The lowest BCUT2D eigenvalue weighted by molar-refractivity contribution is -0.145. The maximum atomic E-state index is 12.5. The highest BCUT2D eigenvalue weighted by atomic mass is 35.5. The molecule has 7 heteroatoms. The lowest BCUT2D eigenvalue weighted by Gasteiger charge is -2.37. The van der Waals surface area contributed by atoms with Gasteiger partial charge in [0.25, 0.3) is 5.91 Å². The molecule has 3 rings (SSSR count). The van der Waals surface area contributed by atoms with E-state index < -0.39 is 6.10 Å². The molecule has 0 saturated carbocycles. The molecule has 1 fully saturated rings. The number of carbonyl (C=O) groups is 2. The van der Waals surface area contributed by atoms with Gasteiger partial charge in [-0.3, -0.25) is 9.59 Å². The Kier molecular flexibility index (Phi) is 4.38. The summed E-state index contributed by atoms with van der Waals surface area (Å²) in [4.78, 5) is 27.4. The van der Waals surface area contributed by atoms with Gasteiger partial charge in [-0.25, -0.2) is 0 Å². The predicted octanol–water partition coefficient (Wildman–Crippen LogP) is 0.736. The van der Waals surface area contributed by atoms with Gasteiger partial charge in [-0.1, -0.05) is 12.1 Å². The molecule has 118 valence electrons. The second-order valence-electron chi connectivity index (χ2n) is 5.20. The normalized spacial score (nSPS) is 20.7. The summed E-state index contributed by atoms with van der Waals surface area (Å²) in [6.07, 6.45) is -0.634. The van der Waals surface area contributed by atoms with Crippen LogP contribution in [-0.4, -0.2) is 66.4 Å². The smallest absolute Gasteiger partial charge is 0.267 e. The summed E-state index contributed by atoms with van der Waals surface area (Å²) in [6, 6.07) is 7.29. The number of hydrogen-bond acceptors (Lipinski definition) is 4. The van der Waals surface area contributed by atoms with E-state index in [1.807, 2.05) is 18.2 Å². The van der Waals surface area contributed by atoms with Gasteiger partial charge in [-0.15, -0.1) is 11.6 Å². The van der Waals surface area contributed by atoms with Gasteiger partial charge in [0, 0.05) is 26.2 Å². The van der Waals surface area contributed by atoms with Crippen LogP contribution in [0.2, 0.25) is 0 Å². The minimum Gasteiger partial charge on any atom is -0.485 e. The summed E-state index contributed by atoms with van der Waals surface area (Å²) in [6.45, 7) is 2.19. The Bertz CT molecular complexity index is 572. The summed E-state index contributed by atoms with van der Waals surface area (Å²) in [5, 5.41) is 0. The van der Waals surface area contributed by atoms with Crippen molar-refractivity contribution in [3.05, 3.63) is 24.3 Å². The Morgan fingerprint density at radius 1 is 1.09 bits per heavy atom. The molecule has 1 saturated heterocycles. The second kappa shape index (κ2) is 6.44. The quantitative estimate of drug-likeness (QED) is 0.753. The van der Waals surface area contributed by atoms with E-state index >= 15 is 0 Å². The number of nitrogens with zero attached hydrogens (tertiary/aromatic N) is 2. The van der Waals surface area contributed by atoms with Crippen molar-refractivity contribution in [3.63, 3.8) is 0 Å². The third kappa shape index (κ3) is 2.97. The monoisotopic (exact) mass is 324 g/mol. The molecule has 1 aromatic rings. The zero-order valence-electron chi connectivity index (χ0n) is 12.0. The first-order valence-corrected chi connectivity index (χ1v) is 7.73. The Morgan fingerprint density at radius 2 is 1.73 bits per heavy atom. The topological polar surface area (TPSA) is 59.1 Å². The van der Waals surface area contributed by atoms with E-state index in [4.69, 9.17) is 21.1 Å². The van der Waals surface area contributed by atoms with E-state index in [9.17, 15) is 9.59 Å². The van der Waals surface area contributed by atoms with Crippen LogP contribution in [0.3, 0.4) is 0 Å². The lowest BCUT2D eigenvalue weighted by atomic mass is 10.2. The molecule has 0 N–H and O–H groups in total. The van der Waals surface area contributed by atoms with Crippen molar-refractivity contribution >= 4 is 23.4 Å². The number of carbonyl (C=O) groups excluding carboxylic acids is 2. The number of ether oxygens (including phenoxy) is 2.